The summed E-state index contributed by atoms with van der Waals surface area (Å²) in [5.74, 6) is -0.959. The van der Waals surface area contributed by atoms with Gasteiger partial charge in [-0.3, -0.25) is 15.0 Å². The van der Waals surface area contributed by atoms with E-state index < -0.39 is 23.4 Å². The molecule has 1 atom stereocenters. The zero-order valence-corrected chi connectivity index (χ0v) is 14.8. The lowest BCUT2D eigenvalue weighted by molar-refractivity contribution is -0.132. The van der Waals surface area contributed by atoms with E-state index in [4.69, 9.17) is 0 Å². The van der Waals surface area contributed by atoms with Crippen LogP contribution in [0, 0.1) is 6.92 Å². The van der Waals surface area contributed by atoms with E-state index in [2.05, 4.69) is 10.7 Å². The molecule has 0 aromatic heterocycles. The van der Waals surface area contributed by atoms with Gasteiger partial charge >= 0.3 is 6.03 Å². The van der Waals surface area contributed by atoms with Gasteiger partial charge in [0, 0.05) is 5.56 Å². The number of carbonyl (C=O) groups is 3. The van der Waals surface area contributed by atoms with Crippen molar-refractivity contribution in [3.8, 4) is 0 Å². The van der Waals surface area contributed by atoms with Crippen molar-refractivity contribution < 1.29 is 14.4 Å². The van der Waals surface area contributed by atoms with Gasteiger partial charge in [0.15, 0.2) is 0 Å². The van der Waals surface area contributed by atoms with Crippen LogP contribution in [-0.2, 0) is 11.2 Å². The highest BCUT2D eigenvalue weighted by Gasteiger charge is 2.48. The summed E-state index contributed by atoms with van der Waals surface area (Å²) in [7, 11) is 0. The highest BCUT2D eigenvalue weighted by molar-refractivity contribution is 6.09. The molecule has 2 aromatic rings. The third-order valence-electron chi connectivity index (χ3n) is 4.54. The van der Waals surface area contributed by atoms with Gasteiger partial charge in [0.1, 0.15) is 5.54 Å². The average Bonchev–Trinajstić information content (AvgIpc) is 2.85. The van der Waals surface area contributed by atoms with Crippen LogP contribution >= 0.6 is 0 Å². The second-order valence-electron chi connectivity index (χ2n) is 6.70. The van der Waals surface area contributed by atoms with E-state index in [1.165, 1.54) is 0 Å². The summed E-state index contributed by atoms with van der Waals surface area (Å²) in [4.78, 5) is 37.2. The van der Waals surface area contributed by atoms with Gasteiger partial charge in [0.2, 0.25) is 0 Å². The third kappa shape index (κ3) is 3.59. The molecule has 1 saturated heterocycles. The van der Waals surface area contributed by atoms with Crippen LogP contribution in [0.1, 0.15) is 34.8 Å². The van der Waals surface area contributed by atoms with Crippen LogP contribution in [0.4, 0.5) is 4.79 Å². The van der Waals surface area contributed by atoms with Crippen LogP contribution in [0.25, 0.3) is 0 Å². The highest BCUT2D eigenvalue weighted by atomic mass is 16.2. The SMILES string of the molecule is Cc1ccc(C(=O)NN2C(=O)NC(C)(CCc3ccccc3)C2=O)cc1. The fraction of sp³-hybridized carbons (Fsp3) is 0.250. The average molecular weight is 351 g/mol. The minimum atomic E-state index is -1.05. The number of rotatable bonds is 5. The maximum Gasteiger partial charge on any atom is 0.344 e. The van der Waals surface area contributed by atoms with E-state index in [0.29, 0.717) is 18.4 Å². The number of imide groups is 1. The molecule has 1 aliphatic rings. The first-order valence-electron chi connectivity index (χ1n) is 8.47. The number of nitrogens with one attached hydrogen (secondary N) is 2. The van der Waals surface area contributed by atoms with Gasteiger partial charge in [-0.2, -0.15) is 5.01 Å². The van der Waals surface area contributed by atoms with Crippen LogP contribution in [0.15, 0.2) is 54.6 Å². The van der Waals surface area contributed by atoms with Crippen molar-refractivity contribution in [3.05, 3.63) is 71.3 Å². The summed E-state index contributed by atoms with van der Waals surface area (Å²) >= 11 is 0. The second kappa shape index (κ2) is 7.00. The Hall–Kier alpha value is -3.15. The van der Waals surface area contributed by atoms with E-state index in [1.54, 1.807) is 31.2 Å². The van der Waals surface area contributed by atoms with Crippen LogP contribution in [0.3, 0.4) is 0 Å². The number of amides is 4. The number of urea groups is 1. The summed E-state index contributed by atoms with van der Waals surface area (Å²) in [5, 5.41) is 3.46. The van der Waals surface area contributed by atoms with Gasteiger partial charge in [0.25, 0.3) is 11.8 Å². The predicted molar refractivity (Wildman–Crippen MR) is 97.2 cm³/mol. The zero-order chi connectivity index (χ0) is 18.7. The largest absolute Gasteiger partial charge is 0.344 e. The molecule has 6 nitrogen and oxygen atoms in total. The van der Waals surface area contributed by atoms with E-state index in [1.807, 2.05) is 37.3 Å². The Balaban J connectivity index is 1.67. The molecule has 2 aromatic carbocycles. The Labute approximate surface area is 152 Å². The van der Waals surface area contributed by atoms with Crippen molar-refractivity contribution in [3.63, 3.8) is 0 Å². The predicted octanol–water partition coefficient (Wildman–Crippen LogP) is 2.58. The van der Waals surface area contributed by atoms with Gasteiger partial charge in [-0.15, -0.1) is 0 Å². The Kier molecular flexibility index (Phi) is 4.75. The molecular weight excluding hydrogens is 330 g/mol. The molecule has 2 N–H and O–H groups in total. The van der Waals surface area contributed by atoms with Gasteiger partial charge in [0.05, 0.1) is 0 Å². The summed E-state index contributed by atoms with van der Waals surface area (Å²) in [5.41, 5.74) is 3.84. The number of nitrogens with zero attached hydrogens (tertiary/aromatic N) is 1. The molecule has 6 heteroatoms. The van der Waals surface area contributed by atoms with Crippen molar-refractivity contribution in [2.45, 2.75) is 32.2 Å². The quantitative estimate of drug-likeness (QED) is 0.813. The smallest absolute Gasteiger partial charge is 0.322 e. The van der Waals surface area contributed by atoms with Gasteiger partial charge in [-0.1, -0.05) is 48.0 Å². The molecule has 3 rings (SSSR count). The van der Waals surface area contributed by atoms with Crippen molar-refractivity contribution in [1.29, 1.82) is 0 Å². The Morgan fingerprint density at radius 3 is 2.38 bits per heavy atom. The minimum absolute atomic E-state index is 0.383. The van der Waals surface area contributed by atoms with E-state index in [-0.39, 0.29) is 0 Å². The first-order chi connectivity index (χ1) is 12.4. The van der Waals surface area contributed by atoms with Gasteiger partial charge in [-0.25, -0.2) is 4.79 Å². The first kappa shape index (κ1) is 17.7. The molecule has 0 spiro atoms. The van der Waals surface area contributed by atoms with Gasteiger partial charge < -0.3 is 5.32 Å². The van der Waals surface area contributed by atoms with Crippen molar-refractivity contribution in [1.82, 2.24) is 15.8 Å². The number of hydrogen-bond donors (Lipinski definition) is 2. The Bertz CT molecular complexity index is 833. The normalized spacial score (nSPS) is 19.4. The molecule has 1 fully saturated rings. The van der Waals surface area contributed by atoms with Crippen molar-refractivity contribution in [2.24, 2.45) is 0 Å². The zero-order valence-electron chi connectivity index (χ0n) is 14.8. The molecule has 0 aliphatic carbocycles. The maximum atomic E-state index is 12.7. The molecule has 1 heterocycles. The Morgan fingerprint density at radius 1 is 1.08 bits per heavy atom. The maximum absolute atomic E-state index is 12.7. The molecule has 1 aliphatic heterocycles. The molecule has 0 radical (unpaired) electrons. The van der Waals surface area contributed by atoms with E-state index >= 15 is 0 Å². The minimum Gasteiger partial charge on any atom is -0.322 e. The van der Waals surface area contributed by atoms with Crippen LogP contribution < -0.4 is 10.7 Å². The summed E-state index contributed by atoms with van der Waals surface area (Å²) in [6.45, 7) is 3.59. The lowest BCUT2D eigenvalue weighted by Gasteiger charge is -2.21. The van der Waals surface area contributed by atoms with Crippen LogP contribution in [-0.4, -0.2) is 28.4 Å². The van der Waals surface area contributed by atoms with Gasteiger partial charge in [-0.05, 0) is 44.4 Å². The molecule has 4 amide bonds. The lowest BCUT2D eigenvalue weighted by Crippen LogP contribution is -2.48. The molecule has 1 unspecified atom stereocenters. The number of carbonyl (C=O) groups excluding carboxylic acids is 3. The fourth-order valence-electron chi connectivity index (χ4n) is 2.87. The standard InChI is InChI=1S/C20H21N3O3/c1-14-8-10-16(11-9-14)17(24)22-23-18(25)20(2,21-19(23)26)13-12-15-6-4-3-5-7-15/h3-11H,12-13H2,1-2H3,(H,21,26)(H,22,24). The highest BCUT2D eigenvalue weighted by Crippen LogP contribution is 2.22. The number of benzene rings is 2. The van der Waals surface area contributed by atoms with Crippen LogP contribution in [0.5, 0.6) is 0 Å². The molecule has 26 heavy (non-hydrogen) atoms. The molecule has 0 bridgehead atoms. The first-order valence-corrected chi connectivity index (χ1v) is 8.47. The number of hydrazine groups is 1. The van der Waals surface area contributed by atoms with Crippen molar-refractivity contribution >= 4 is 17.8 Å². The summed E-state index contributed by atoms with van der Waals surface area (Å²) in [6, 6.07) is 16.0. The molecule has 134 valence electrons. The van der Waals surface area contributed by atoms with Crippen molar-refractivity contribution in [2.75, 3.05) is 0 Å². The summed E-state index contributed by atoms with van der Waals surface area (Å²) in [6.07, 6.45) is 1.08. The lowest BCUT2D eigenvalue weighted by atomic mass is 9.93. The summed E-state index contributed by atoms with van der Waals surface area (Å²) < 4.78 is 0. The van der Waals surface area contributed by atoms with Crippen LogP contribution in [0.2, 0.25) is 0 Å². The monoisotopic (exact) mass is 351 g/mol. The molecular formula is C20H21N3O3. The van der Waals surface area contributed by atoms with E-state index in [0.717, 1.165) is 16.1 Å². The topological polar surface area (TPSA) is 78.5 Å². The Morgan fingerprint density at radius 2 is 1.73 bits per heavy atom. The fourth-order valence-corrected chi connectivity index (χ4v) is 2.87. The van der Waals surface area contributed by atoms with E-state index in [9.17, 15) is 14.4 Å². The molecule has 0 saturated carbocycles. The number of aryl methyl sites for hydroxylation is 2. The number of hydrogen-bond acceptors (Lipinski definition) is 3. The second-order valence-corrected chi connectivity index (χ2v) is 6.70. The third-order valence-corrected chi connectivity index (χ3v) is 4.54.